The molecule has 0 rings (SSSR count). The van der Waals surface area contributed by atoms with Crippen molar-refractivity contribution in [1.82, 2.24) is 0 Å². The maximum Gasteiger partial charge on any atom is 0.423 e. The second-order valence-corrected chi connectivity index (χ2v) is 4.97. The highest BCUT2D eigenvalue weighted by molar-refractivity contribution is 8.06. The Morgan fingerprint density at radius 1 is 1.00 bits per heavy atom. The number of Topliss-reactive ketones (excluding diaryl/α,β-unsaturated/α-hetero) is 1. The Bertz CT molecular complexity index is 447. The maximum atomic E-state index is 12.9. The summed E-state index contributed by atoms with van der Waals surface area (Å²) in [5, 5.41) is 9.08. The molecule has 0 aromatic carbocycles. The van der Waals surface area contributed by atoms with Crippen molar-refractivity contribution in [2.24, 2.45) is 0 Å². The lowest BCUT2D eigenvalue weighted by molar-refractivity contribution is -0.264. The summed E-state index contributed by atoms with van der Waals surface area (Å²) in [5.74, 6) is -4.98. The van der Waals surface area contributed by atoms with E-state index >= 15 is 0 Å². The summed E-state index contributed by atoms with van der Waals surface area (Å²) in [6, 6.07) is 0. The van der Waals surface area contributed by atoms with Crippen LogP contribution >= 0.6 is 11.8 Å². The maximum absolute atomic E-state index is 12.9. The van der Waals surface area contributed by atoms with Gasteiger partial charge in [-0.15, -0.1) is 0 Å². The lowest BCUT2D eigenvalue weighted by Crippen LogP contribution is -2.60. The van der Waals surface area contributed by atoms with Crippen molar-refractivity contribution in [3.8, 4) is 0 Å². The van der Waals surface area contributed by atoms with Gasteiger partial charge in [-0.2, -0.15) is 26.3 Å². The predicted octanol–water partition coefficient (Wildman–Crippen LogP) is 3.13. The monoisotopic (exact) mass is 340 g/mol. The van der Waals surface area contributed by atoms with E-state index in [-0.39, 0.29) is 0 Å². The zero-order chi connectivity index (χ0) is 17.2. The Labute approximate surface area is 119 Å². The number of rotatable bonds is 4. The van der Waals surface area contributed by atoms with Gasteiger partial charge in [0.15, 0.2) is 5.78 Å². The van der Waals surface area contributed by atoms with E-state index in [2.05, 4.69) is 4.74 Å². The number of carbonyl (C=O) groups excluding carboxylic acids is 2. The smallest absolute Gasteiger partial charge is 0.423 e. The van der Waals surface area contributed by atoms with Gasteiger partial charge in [-0.05, 0) is 13.8 Å². The largest absolute Gasteiger partial charge is 0.511 e. The second-order valence-electron chi connectivity index (χ2n) is 3.74. The molecule has 1 N–H and O–H groups in total. The second kappa shape index (κ2) is 6.16. The highest BCUT2D eigenvalue weighted by atomic mass is 32.2. The van der Waals surface area contributed by atoms with E-state index in [1.807, 2.05) is 0 Å². The molecule has 0 bridgehead atoms. The molecule has 11 heteroatoms. The number of hydrogen-bond acceptors (Lipinski definition) is 5. The molecule has 122 valence electrons. The van der Waals surface area contributed by atoms with Crippen LogP contribution in [-0.2, 0) is 14.3 Å². The van der Waals surface area contributed by atoms with Crippen LogP contribution in [0.1, 0.15) is 13.8 Å². The lowest BCUT2D eigenvalue weighted by atomic mass is 10.1. The van der Waals surface area contributed by atoms with E-state index in [4.69, 9.17) is 5.11 Å². The van der Waals surface area contributed by atoms with Crippen LogP contribution in [0.15, 0.2) is 10.7 Å². The molecule has 0 fully saturated rings. The van der Waals surface area contributed by atoms with E-state index < -0.39 is 51.3 Å². The quantitative estimate of drug-likeness (QED) is 0.369. The van der Waals surface area contributed by atoms with Crippen molar-refractivity contribution >= 4 is 23.5 Å². The molecule has 0 spiro atoms. The molecule has 0 aliphatic carbocycles. The van der Waals surface area contributed by atoms with Crippen LogP contribution in [0, 0.1) is 0 Å². The number of alkyl halides is 6. The van der Waals surface area contributed by atoms with E-state index in [1.165, 1.54) is 0 Å². The molecule has 0 aliphatic heterocycles. The van der Waals surface area contributed by atoms with Crippen molar-refractivity contribution in [1.29, 1.82) is 0 Å². The number of aliphatic hydroxyl groups is 1. The third-order valence-corrected chi connectivity index (χ3v) is 3.90. The van der Waals surface area contributed by atoms with Crippen LogP contribution in [0.5, 0.6) is 0 Å². The topological polar surface area (TPSA) is 63.6 Å². The molecule has 0 saturated heterocycles. The number of methoxy groups -OCH3 is 1. The number of esters is 1. The van der Waals surface area contributed by atoms with Gasteiger partial charge in [0, 0.05) is 0 Å². The van der Waals surface area contributed by atoms with Gasteiger partial charge in [0.05, 0.1) is 12.0 Å². The summed E-state index contributed by atoms with van der Waals surface area (Å²) in [5.41, 5.74) is 0. The number of aliphatic hydroxyl groups excluding tert-OH is 1. The van der Waals surface area contributed by atoms with E-state index in [0.29, 0.717) is 14.0 Å². The molecule has 0 amide bonds. The SMILES string of the molecule is COC(=O)C(S/C(C(C)=O)=C(/C)O)(C(F)(F)F)C(F)(F)F. The summed E-state index contributed by atoms with van der Waals surface area (Å²) in [7, 11) is 0.345. The summed E-state index contributed by atoms with van der Waals surface area (Å²) in [4.78, 5) is 21.1. The molecular formula is C10H10F6O4S. The molecule has 0 aromatic heterocycles. The first kappa shape index (κ1) is 19.6. The third kappa shape index (κ3) is 3.63. The van der Waals surface area contributed by atoms with Crippen molar-refractivity contribution < 1.29 is 45.8 Å². The predicted molar refractivity (Wildman–Crippen MR) is 60.5 cm³/mol. The van der Waals surface area contributed by atoms with Crippen LogP contribution in [-0.4, -0.2) is 41.1 Å². The molecule has 0 saturated carbocycles. The lowest BCUT2D eigenvalue weighted by Gasteiger charge is -2.34. The van der Waals surface area contributed by atoms with Gasteiger partial charge in [-0.3, -0.25) is 4.79 Å². The van der Waals surface area contributed by atoms with Gasteiger partial charge in [0.2, 0.25) is 0 Å². The fraction of sp³-hybridized carbons (Fsp3) is 0.600. The molecule has 4 nitrogen and oxygen atoms in total. The minimum absolute atomic E-state index is 0.345. The van der Waals surface area contributed by atoms with E-state index in [1.54, 1.807) is 0 Å². The van der Waals surface area contributed by atoms with Gasteiger partial charge in [-0.1, -0.05) is 11.8 Å². The molecule has 0 heterocycles. The van der Waals surface area contributed by atoms with Gasteiger partial charge in [0.25, 0.3) is 0 Å². The van der Waals surface area contributed by atoms with Crippen molar-refractivity contribution in [2.75, 3.05) is 7.11 Å². The normalized spacial score (nSPS) is 14.5. The Morgan fingerprint density at radius 3 is 1.57 bits per heavy atom. The number of ketones is 1. The molecule has 0 atom stereocenters. The molecular weight excluding hydrogens is 330 g/mol. The summed E-state index contributed by atoms with van der Waals surface area (Å²) >= 11 is -1.14. The fourth-order valence-electron chi connectivity index (χ4n) is 1.25. The molecule has 21 heavy (non-hydrogen) atoms. The number of hydrogen-bond donors (Lipinski definition) is 1. The van der Waals surface area contributed by atoms with Gasteiger partial charge in [-0.25, -0.2) is 4.79 Å². The van der Waals surface area contributed by atoms with E-state index in [9.17, 15) is 35.9 Å². The van der Waals surface area contributed by atoms with Crippen LogP contribution in [0.2, 0.25) is 0 Å². The Hall–Kier alpha value is -1.39. The van der Waals surface area contributed by atoms with Gasteiger partial charge >= 0.3 is 23.1 Å². The third-order valence-electron chi connectivity index (χ3n) is 2.17. The number of thioether (sulfide) groups is 1. The van der Waals surface area contributed by atoms with Crippen LogP contribution in [0.3, 0.4) is 0 Å². The van der Waals surface area contributed by atoms with Crippen molar-refractivity contribution in [3.05, 3.63) is 10.7 Å². The van der Waals surface area contributed by atoms with Crippen LogP contribution < -0.4 is 0 Å². The minimum Gasteiger partial charge on any atom is -0.511 e. The van der Waals surface area contributed by atoms with Crippen molar-refractivity contribution in [3.63, 3.8) is 0 Å². The van der Waals surface area contributed by atoms with Gasteiger partial charge < -0.3 is 9.84 Å². The van der Waals surface area contributed by atoms with E-state index in [0.717, 1.165) is 6.92 Å². The highest BCUT2D eigenvalue weighted by Crippen LogP contribution is 2.55. The molecule has 0 aromatic rings. The highest BCUT2D eigenvalue weighted by Gasteiger charge is 2.78. The Morgan fingerprint density at radius 2 is 1.38 bits per heavy atom. The fourth-order valence-corrected chi connectivity index (χ4v) is 2.24. The average molecular weight is 340 g/mol. The molecule has 0 aliphatic rings. The Balaban J connectivity index is 6.37. The standard InChI is InChI=1S/C10H10F6O4S/c1-4(17)6(5(2)18)21-8(7(19)20-3,9(11,12)13)10(14,15)16/h17H,1-3H3/b6-4-. The average Bonchev–Trinajstić information content (AvgIpc) is 2.24. The Kier molecular flexibility index (Phi) is 5.75. The molecule has 0 unspecified atom stereocenters. The summed E-state index contributed by atoms with van der Waals surface area (Å²) < 4.78 is 76.2. The number of ether oxygens (including phenoxy) is 1. The molecule has 0 radical (unpaired) electrons. The first-order valence-electron chi connectivity index (χ1n) is 5.04. The zero-order valence-electron chi connectivity index (χ0n) is 10.8. The van der Waals surface area contributed by atoms with Crippen LogP contribution in [0.4, 0.5) is 26.3 Å². The number of allylic oxidation sites excluding steroid dienone is 2. The number of carbonyl (C=O) groups is 2. The minimum atomic E-state index is -6.11. The number of halogens is 6. The zero-order valence-corrected chi connectivity index (χ0v) is 11.7. The van der Waals surface area contributed by atoms with Crippen molar-refractivity contribution in [2.45, 2.75) is 30.9 Å². The first-order valence-corrected chi connectivity index (χ1v) is 5.85. The summed E-state index contributed by atoms with van der Waals surface area (Å²) in [6.45, 7) is 1.37. The van der Waals surface area contributed by atoms with Crippen LogP contribution in [0.25, 0.3) is 0 Å². The van der Waals surface area contributed by atoms with Gasteiger partial charge in [0.1, 0.15) is 5.76 Å². The first-order chi connectivity index (χ1) is 9.22. The summed E-state index contributed by atoms with van der Waals surface area (Å²) in [6.07, 6.45) is -12.2.